The van der Waals surface area contributed by atoms with E-state index in [1.54, 1.807) is 12.3 Å². The Bertz CT molecular complexity index is 775. The fourth-order valence-corrected chi connectivity index (χ4v) is 2.27. The first-order valence-corrected chi connectivity index (χ1v) is 7.55. The van der Waals surface area contributed by atoms with Gasteiger partial charge in [0.2, 0.25) is 0 Å². The summed E-state index contributed by atoms with van der Waals surface area (Å²) in [7, 11) is 0. The molecule has 5 heteroatoms. The molecule has 3 aromatic rings. The fourth-order valence-electron chi connectivity index (χ4n) is 2.16. The second kappa shape index (κ2) is 6.62. The Morgan fingerprint density at radius 1 is 1.14 bits per heavy atom. The Hall–Kier alpha value is -2.33. The number of aromatic nitrogens is 2. The van der Waals surface area contributed by atoms with Crippen LogP contribution in [0.15, 0.2) is 48.7 Å². The first-order chi connectivity index (χ1) is 10.8. The van der Waals surface area contributed by atoms with Gasteiger partial charge in [-0.25, -0.2) is 9.97 Å². The van der Waals surface area contributed by atoms with E-state index in [4.69, 9.17) is 16.3 Å². The molecule has 3 rings (SSSR count). The Morgan fingerprint density at radius 3 is 2.73 bits per heavy atom. The number of pyridine rings is 2. The van der Waals surface area contributed by atoms with E-state index in [9.17, 15) is 5.11 Å². The van der Waals surface area contributed by atoms with Gasteiger partial charge in [0.25, 0.3) is 0 Å². The van der Waals surface area contributed by atoms with Crippen LogP contribution in [0.4, 0.5) is 0 Å². The standard InChI is InChI=1S/C17H15ClN2O2/c18-8-2-10-22-14-6-4-12(5-7-14)16-15(21)11-13-3-1-9-19-17(13)20-16/h1,3-7,9,11,21H,2,8,10H2. The number of hydrogen-bond donors (Lipinski definition) is 1. The molecule has 0 unspecified atom stereocenters. The summed E-state index contributed by atoms with van der Waals surface area (Å²) in [5.74, 6) is 1.49. The maximum absolute atomic E-state index is 10.2. The summed E-state index contributed by atoms with van der Waals surface area (Å²) in [5.41, 5.74) is 1.94. The molecule has 22 heavy (non-hydrogen) atoms. The average Bonchev–Trinajstić information content (AvgIpc) is 2.55. The van der Waals surface area contributed by atoms with Crippen LogP contribution >= 0.6 is 11.6 Å². The lowest BCUT2D eigenvalue weighted by molar-refractivity contribution is 0.318. The van der Waals surface area contributed by atoms with Gasteiger partial charge in [-0.2, -0.15) is 0 Å². The van der Waals surface area contributed by atoms with Gasteiger partial charge in [0, 0.05) is 23.0 Å². The number of rotatable bonds is 5. The molecule has 0 saturated carbocycles. The normalized spacial score (nSPS) is 10.8. The van der Waals surface area contributed by atoms with Gasteiger partial charge in [0.15, 0.2) is 5.65 Å². The van der Waals surface area contributed by atoms with Gasteiger partial charge >= 0.3 is 0 Å². The van der Waals surface area contributed by atoms with Crippen molar-refractivity contribution in [1.29, 1.82) is 0 Å². The molecule has 0 spiro atoms. The summed E-state index contributed by atoms with van der Waals surface area (Å²) in [6.45, 7) is 0.590. The van der Waals surface area contributed by atoms with Gasteiger partial charge in [-0.05, 0) is 48.9 Å². The van der Waals surface area contributed by atoms with Gasteiger partial charge in [0.05, 0.1) is 6.61 Å². The van der Waals surface area contributed by atoms with Gasteiger partial charge in [-0.3, -0.25) is 0 Å². The third-order valence-corrected chi connectivity index (χ3v) is 3.51. The van der Waals surface area contributed by atoms with Gasteiger partial charge in [0.1, 0.15) is 17.2 Å². The number of benzene rings is 1. The molecule has 0 aliphatic rings. The van der Waals surface area contributed by atoms with Crippen LogP contribution in [0.3, 0.4) is 0 Å². The van der Waals surface area contributed by atoms with Crippen LogP contribution in [0.5, 0.6) is 11.5 Å². The van der Waals surface area contributed by atoms with Crippen LogP contribution < -0.4 is 4.74 Å². The van der Waals surface area contributed by atoms with Crippen molar-refractivity contribution in [3.05, 3.63) is 48.7 Å². The van der Waals surface area contributed by atoms with E-state index in [0.717, 1.165) is 23.1 Å². The Balaban J connectivity index is 1.88. The molecule has 0 aliphatic carbocycles. The van der Waals surface area contributed by atoms with Crippen LogP contribution in [0.25, 0.3) is 22.3 Å². The minimum atomic E-state index is 0.135. The number of hydrogen-bond acceptors (Lipinski definition) is 4. The number of ether oxygens (including phenoxy) is 1. The van der Waals surface area contributed by atoms with Crippen molar-refractivity contribution in [3.8, 4) is 22.8 Å². The Morgan fingerprint density at radius 2 is 1.95 bits per heavy atom. The maximum Gasteiger partial charge on any atom is 0.160 e. The largest absolute Gasteiger partial charge is 0.506 e. The summed E-state index contributed by atoms with van der Waals surface area (Å²) in [6, 6.07) is 12.8. The van der Waals surface area contributed by atoms with Crippen molar-refractivity contribution in [1.82, 2.24) is 9.97 Å². The molecular weight excluding hydrogens is 300 g/mol. The molecule has 1 aromatic carbocycles. The number of halogens is 1. The molecule has 0 bridgehead atoms. The van der Waals surface area contributed by atoms with E-state index < -0.39 is 0 Å². The van der Waals surface area contributed by atoms with Crippen molar-refractivity contribution >= 4 is 22.6 Å². The first kappa shape index (κ1) is 14.6. The zero-order valence-corrected chi connectivity index (χ0v) is 12.6. The molecule has 0 amide bonds. The number of alkyl halides is 1. The summed E-state index contributed by atoms with van der Waals surface area (Å²) < 4.78 is 5.56. The molecule has 2 heterocycles. The third kappa shape index (κ3) is 3.12. The molecule has 0 radical (unpaired) electrons. The van der Waals surface area contributed by atoms with E-state index in [1.807, 2.05) is 36.4 Å². The predicted octanol–water partition coefficient (Wildman–Crippen LogP) is 4.01. The van der Waals surface area contributed by atoms with Gasteiger partial charge in [-0.15, -0.1) is 11.6 Å². The number of aromatic hydroxyl groups is 1. The quantitative estimate of drug-likeness (QED) is 0.571. The third-order valence-electron chi connectivity index (χ3n) is 3.24. The number of nitrogens with zero attached hydrogens (tertiary/aromatic N) is 2. The molecule has 2 aromatic heterocycles. The SMILES string of the molecule is Oc1cc2cccnc2nc1-c1ccc(OCCCCl)cc1. The molecule has 1 N–H and O–H groups in total. The van der Waals surface area contributed by atoms with Crippen molar-refractivity contribution < 1.29 is 9.84 Å². The highest BCUT2D eigenvalue weighted by Crippen LogP contribution is 2.30. The minimum absolute atomic E-state index is 0.135. The van der Waals surface area contributed by atoms with Crippen LogP contribution in [-0.2, 0) is 0 Å². The second-order valence-corrected chi connectivity index (χ2v) is 5.20. The molecule has 4 nitrogen and oxygen atoms in total. The van der Waals surface area contributed by atoms with E-state index in [-0.39, 0.29) is 5.75 Å². The summed E-state index contributed by atoms with van der Waals surface area (Å²) >= 11 is 5.62. The van der Waals surface area contributed by atoms with Crippen molar-refractivity contribution in [3.63, 3.8) is 0 Å². The van der Waals surface area contributed by atoms with E-state index >= 15 is 0 Å². The van der Waals surface area contributed by atoms with E-state index in [2.05, 4.69) is 9.97 Å². The molecule has 112 valence electrons. The highest BCUT2D eigenvalue weighted by atomic mass is 35.5. The highest BCUT2D eigenvalue weighted by Gasteiger charge is 2.09. The lowest BCUT2D eigenvalue weighted by Gasteiger charge is -2.08. The summed E-state index contributed by atoms with van der Waals surface area (Å²) in [5, 5.41) is 11.0. The van der Waals surface area contributed by atoms with Crippen LogP contribution in [-0.4, -0.2) is 27.6 Å². The topological polar surface area (TPSA) is 55.2 Å². The van der Waals surface area contributed by atoms with Gasteiger partial charge < -0.3 is 9.84 Å². The lowest BCUT2D eigenvalue weighted by atomic mass is 10.1. The van der Waals surface area contributed by atoms with Crippen molar-refractivity contribution in [2.24, 2.45) is 0 Å². The van der Waals surface area contributed by atoms with Crippen LogP contribution in [0.1, 0.15) is 6.42 Å². The zero-order valence-electron chi connectivity index (χ0n) is 11.9. The fraction of sp³-hybridized carbons (Fsp3) is 0.176. The molecular formula is C17H15ClN2O2. The zero-order chi connectivity index (χ0) is 15.4. The Labute approximate surface area is 133 Å². The Kier molecular flexibility index (Phi) is 4.39. The van der Waals surface area contributed by atoms with Gasteiger partial charge in [-0.1, -0.05) is 0 Å². The minimum Gasteiger partial charge on any atom is -0.506 e. The van der Waals surface area contributed by atoms with E-state index in [0.29, 0.717) is 23.8 Å². The summed E-state index contributed by atoms with van der Waals surface area (Å²) in [4.78, 5) is 8.65. The highest BCUT2D eigenvalue weighted by molar-refractivity contribution is 6.17. The second-order valence-electron chi connectivity index (χ2n) is 4.82. The average molecular weight is 315 g/mol. The first-order valence-electron chi connectivity index (χ1n) is 7.02. The van der Waals surface area contributed by atoms with Crippen molar-refractivity contribution in [2.75, 3.05) is 12.5 Å². The maximum atomic E-state index is 10.2. The van der Waals surface area contributed by atoms with Crippen LogP contribution in [0.2, 0.25) is 0 Å². The molecule has 0 atom stereocenters. The molecule has 0 fully saturated rings. The molecule has 0 aliphatic heterocycles. The summed E-state index contributed by atoms with van der Waals surface area (Å²) in [6.07, 6.45) is 2.49. The predicted molar refractivity (Wildman–Crippen MR) is 87.5 cm³/mol. The van der Waals surface area contributed by atoms with Crippen molar-refractivity contribution in [2.45, 2.75) is 6.42 Å². The monoisotopic (exact) mass is 314 g/mol. The van der Waals surface area contributed by atoms with E-state index in [1.165, 1.54) is 0 Å². The lowest BCUT2D eigenvalue weighted by Crippen LogP contribution is -1.97. The van der Waals surface area contributed by atoms with Crippen LogP contribution in [0, 0.1) is 0 Å². The smallest absolute Gasteiger partial charge is 0.160 e. The molecule has 0 saturated heterocycles. The number of fused-ring (bicyclic) bond motifs is 1.